The second-order valence-electron chi connectivity index (χ2n) is 5.80. The first-order chi connectivity index (χ1) is 11.4. The summed E-state index contributed by atoms with van der Waals surface area (Å²) in [6, 6.07) is 33.0. The molecule has 0 aliphatic heterocycles. The largest absolute Gasteiger partial charge is 0.0648 e. The average Bonchev–Trinajstić information content (AvgIpc) is 2.65. The van der Waals surface area contributed by atoms with Crippen LogP contribution in [0.15, 0.2) is 91.0 Å². The number of benzene rings is 3. The second kappa shape index (κ2) is 8.09. The van der Waals surface area contributed by atoms with E-state index >= 15 is 0 Å². The summed E-state index contributed by atoms with van der Waals surface area (Å²) in [6.07, 6.45) is 2.40. The molecule has 0 saturated heterocycles. The molecule has 0 radical (unpaired) electrons. The fourth-order valence-electron chi connectivity index (χ4n) is 2.99. The van der Waals surface area contributed by atoms with Crippen LogP contribution in [0.2, 0.25) is 0 Å². The Morgan fingerprint density at radius 1 is 0.652 bits per heavy atom. The molecule has 0 aliphatic rings. The SMILES string of the molecule is CCC(CP(c1ccccc1)c1ccccc1)c1ccccc1. The number of hydrogen-bond acceptors (Lipinski definition) is 0. The van der Waals surface area contributed by atoms with E-state index in [9.17, 15) is 0 Å². The van der Waals surface area contributed by atoms with Crippen molar-refractivity contribution in [1.29, 1.82) is 0 Å². The molecule has 0 spiro atoms. The van der Waals surface area contributed by atoms with Gasteiger partial charge in [-0.3, -0.25) is 0 Å². The van der Waals surface area contributed by atoms with Crippen LogP contribution >= 0.6 is 7.92 Å². The van der Waals surface area contributed by atoms with Gasteiger partial charge >= 0.3 is 0 Å². The van der Waals surface area contributed by atoms with Crippen molar-refractivity contribution in [1.82, 2.24) is 0 Å². The van der Waals surface area contributed by atoms with Gasteiger partial charge in [-0.1, -0.05) is 97.9 Å². The summed E-state index contributed by atoms with van der Waals surface area (Å²) in [5, 5.41) is 2.95. The lowest BCUT2D eigenvalue weighted by molar-refractivity contribution is 0.742. The third-order valence-corrected chi connectivity index (χ3v) is 6.95. The summed E-state index contributed by atoms with van der Waals surface area (Å²) < 4.78 is 0. The Labute approximate surface area is 141 Å². The lowest BCUT2D eigenvalue weighted by atomic mass is 9.99. The fourth-order valence-corrected chi connectivity index (χ4v) is 5.69. The van der Waals surface area contributed by atoms with Crippen molar-refractivity contribution in [3.63, 3.8) is 0 Å². The van der Waals surface area contributed by atoms with E-state index < -0.39 is 0 Å². The highest BCUT2D eigenvalue weighted by Crippen LogP contribution is 2.39. The van der Waals surface area contributed by atoms with E-state index in [1.807, 2.05) is 0 Å². The van der Waals surface area contributed by atoms with Gasteiger partial charge in [0.2, 0.25) is 0 Å². The normalized spacial score (nSPS) is 12.3. The van der Waals surface area contributed by atoms with Gasteiger partial charge in [-0.2, -0.15) is 0 Å². The third kappa shape index (κ3) is 4.09. The minimum Gasteiger partial charge on any atom is -0.0648 e. The Bertz CT molecular complexity index is 652. The van der Waals surface area contributed by atoms with E-state index in [-0.39, 0.29) is 7.92 Å². The summed E-state index contributed by atoms with van der Waals surface area (Å²) in [5.41, 5.74) is 1.47. The number of hydrogen-bond donors (Lipinski definition) is 0. The Kier molecular flexibility index (Phi) is 5.61. The maximum atomic E-state index is 2.31. The molecular weight excluding hydrogens is 295 g/mol. The Morgan fingerprint density at radius 3 is 1.52 bits per heavy atom. The van der Waals surface area contributed by atoms with Gasteiger partial charge < -0.3 is 0 Å². The molecule has 3 aromatic carbocycles. The maximum Gasteiger partial charge on any atom is -0.0119 e. The summed E-state index contributed by atoms with van der Waals surface area (Å²) in [6.45, 7) is 2.31. The van der Waals surface area contributed by atoms with Crippen molar-refractivity contribution < 1.29 is 0 Å². The van der Waals surface area contributed by atoms with E-state index in [1.54, 1.807) is 0 Å². The van der Waals surface area contributed by atoms with Crippen LogP contribution < -0.4 is 10.6 Å². The predicted octanol–water partition coefficient (Wildman–Crippen LogP) is 5.31. The minimum absolute atomic E-state index is 0.320. The molecule has 1 unspecified atom stereocenters. The standard InChI is InChI=1S/C22H23P/c1-2-19(20-12-6-3-7-13-20)18-23(21-14-8-4-9-15-21)22-16-10-5-11-17-22/h3-17,19H,2,18H2,1H3. The van der Waals surface area contributed by atoms with E-state index in [1.165, 1.54) is 28.8 Å². The molecule has 0 fully saturated rings. The van der Waals surface area contributed by atoms with Crippen molar-refractivity contribution >= 4 is 18.5 Å². The molecule has 0 N–H and O–H groups in total. The Morgan fingerprint density at radius 2 is 1.09 bits per heavy atom. The van der Waals surface area contributed by atoms with Crippen LogP contribution in [-0.2, 0) is 0 Å². The van der Waals surface area contributed by atoms with E-state index in [4.69, 9.17) is 0 Å². The molecule has 0 amide bonds. The third-order valence-electron chi connectivity index (χ3n) is 4.30. The quantitative estimate of drug-likeness (QED) is 0.540. The first-order valence-electron chi connectivity index (χ1n) is 8.31. The predicted molar refractivity (Wildman–Crippen MR) is 103 cm³/mol. The highest BCUT2D eigenvalue weighted by atomic mass is 31.1. The molecule has 1 atom stereocenters. The van der Waals surface area contributed by atoms with Gasteiger partial charge in [-0.15, -0.1) is 0 Å². The maximum absolute atomic E-state index is 2.31. The van der Waals surface area contributed by atoms with Crippen molar-refractivity contribution in [2.24, 2.45) is 0 Å². The monoisotopic (exact) mass is 318 g/mol. The van der Waals surface area contributed by atoms with Crippen molar-refractivity contribution in [2.45, 2.75) is 19.3 Å². The molecule has 3 aromatic rings. The van der Waals surface area contributed by atoms with Crippen LogP contribution in [0.5, 0.6) is 0 Å². The zero-order chi connectivity index (χ0) is 15.9. The summed E-state index contributed by atoms with van der Waals surface area (Å²) in [4.78, 5) is 0. The zero-order valence-corrected chi connectivity index (χ0v) is 14.5. The Hall–Kier alpha value is -1.91. The van der Waals surface area contributed by atoms with E-state index in [0.29, 0.717) is 5.92 Å². The van der Waals surface area contributed by atoms with Gasteiger partial charge in [-0.05, 0) is 42.6 Å². The molecule has 0 heterocycles. The summed E-state index contributed by atoms with van der Waals surface area (Å²) in [7, 11) is -0.320. The summed E-state index contributed by atoms with van der Waals surface area (Å²) in [5.74, 6) is 0.614. The van der Waals surface area contributed by atoms with Crippen molar-refractivity contribution in [3.8, 4) is 0 Å². The Balaban J connectivity index is 1.93. The van der Waals surface area contributed by atoms with Crippen molar-refractivity contribution in [3.05, 3.63) is 96.6 Å². The molecule has 1 heteroatoms. The first kappa shape index (κ1) is 16.0. The fraction of sp³-hybridized carbons (Fsp3) is 0.182. The number of rotatable bonds is 6. The molecule has 3 rings (SSSR count). The lowest BCUT2D eigenvalue weighted by Crippen LogP contribution is -2.17. The van der Waals surface area contributed by atoms with E-state index in [0.717, 1.165) is 0 Å². The minimum atomic E-state index is -0.320. The lowest BCUT2D eigenvalue weighted by Gasteiger charge is -2.24. The van der Waals surface area contributed by atoms with Crippen LogP contribution in [-0.4, -0.2) is 6.16 Å². The van der Waals surface area contributed by atoms with Crippen LogP contribution in [0.1, 0.15) is 24.8 Å². The highest BCUT2D eigenvalue weighted by Gasteiger charge is 2.19. The molecule has 0 bridgehead atoms. The smallest absolute Gasteiger partial charge is 0.0119 e. The van der Waals surface area contributed by atoms with Crippen LogP contribution in [0.4, 0.5) is 0 Å². The summed E-state index contributed by atoms with van der Waals surface area (Å²) >= 11 is 0. The van der Waals surface area contributed by atoms with Gasteiger partial charge in [0.15, 0.2) is 0 Å². The first-order valence-corrected chi connectivity index (χ1v) is 9.83. The van der Waals surface area contributed by atoms with Gasteiger partial charge in [0.1, 0.15) is 0 Å². The molecule has 0 aromatic heterocycles. The van der Waals surface area contributed by atoms with Crippen LogP contribution in [0, 0.1) is 0 Å². The van der Waals surface area contributed by atoms with Gasteiger partial charge in [0.25, 0.3) is 0 Å². The van der Waals surface area contributed by atoms with Gasteiger partial charge in [-0.25, -0.2) is 0 Å². The van der Waals surface area contributed by atoms with Gasteiger partial charge in [0, 0.05) is 0 Å². The average molecular weight is 318 g/mol. The molecule has 0 aliphatic carbocycles. The zero-order valence-electron chi connectivity index (χ0n) is 13.6. The van der Waals surface area contributed by atoms with Crippen LogP contribution in [0.25, 0.3) is 0 Å². The molecule has 23 heavy (non-hydrogen) atoms. The molecule has 0 saturated carbocycles. The van der Waals surface area contributed by atoms with Crippen LogP contribution in [0.3, 0.4) is 0 Å². The highest BCUT2D eigenvalue weighted by molar-refractivity contribution is 7.73. The topological polar surface area (TPSA) is 0 Å². The molecule has 116 valence electrons. The van der Waals surface area contributed by atoms with Crippen molar-refractivity contribution in [2.75, 3.05) is 6.16 Å². The second-order valence-corrected chi connectivity index (χ2v) is 8.05. The molecular formula is C22H23P. The van der Waals surface area contributed by atoms with Gasteiger partial charge in [0.05, 0.1) is 0 Å². The molecule has 0 nitrogen and oxygen atoms in total. The van der Waals surface area contributed by atoms with E-state index in [2.05, 4.69) is 97.9 Å².